The molecule has 0 saturated carbocycles. The molecule has 0 fully saturated rings. The van der Waals surface area contributed by atoms with Gasteiger partial charge in [0.25, 0.3) is 0 Å². The van der Waals surface area contributed by atoms with Gasteiger partial charge in [-0.2, -0.15) is 0 Å². The van der Waals surface area contributed by atoms with Crippen molar-refractivity contribution in [1.29, 1.82) is 0 Å². The lowest BCUT2D eigenvalue weighted by Crippen LogP contribution is -2.73. The number of fused-ring (bicyclic) bond motifs is 1. The van der Waals surface area contributed by atoms with E-state index in [4.69, 9.17) is 0 Å². The molecular formula is C10H11N+. The standard InChI is InChI=1S/C10H11N/c1-7-8(2)11-10-6-4-3-5-9(7)10/h3-6,11H,1-2H3/q+1. The van der Waals surface area contributed by atoms with Crippen LogP contribution in [0.4, 0.5) is 5.69 Å². The van der Waals surface area contributed by atoms with E-state index in [1.807, 2.05) is 0 Å². The van der Waals surface area contributed by atoms with Gasteiger partial charge in [-0.05, 0) is 13.0 Å². The third kappa shape index (κ3) is 0.889. The second-order valence-corrected chi connectivity index (χ2v) is 2.92. The molecule has 1 aromatic carbocycles. The summed E-state index contributed by atoms with van der Waals surface area (Å²) in [6.07, 6.45) is 0. The lowest BCUT2D eigenvalue weighted by Gasteiger charge is -1.90. The predicted octanol–water partition coefficient (Wildman–Crippen LogP) is 1.43. The summed E-state index contributed by atoms with van der Waals surface area (Å²) in [6.45, 7) is 4.25. The number of hydrogen-bond donors (Lipinski definition) is 1. The number of allylic oxidation sites excluding steroid dienone is 2. The number of hydrogen-bond acceptors (Lipinski definition) is 1. The van der Waals surface area contributed by atoms with Crippen molar-refractivity contribution in [1.82, 2.24) is 0 Å². The molecule has 0 unspecified atom stereocenters. The molecule has 1 aliphatic rings. The van der Waals surface area contributed by atoms with Gasteiger partial charge < -0.3 is 0 Å². The van der Waals surface area contributed by atoms with Gasteiger partial charge in [-0.3, -0.25) is 0 Å². The van der Waals surface area contributed by atoms with E-state index in [1.165, 1.54) is 22.5 Å². The maximum Gasteiger partial charge on any atom is 0.192 e. The summed E-state index contributed by atoms with van der Waals surface area (Å²) >= 11 is 0. The lowest BCUT2D eigenvalue weighted by molar-refractivity contribution is -0.512. The third-order valence-corrected chi connectivity index (χ3v) is 2.22. The minimum Gasteiger partial charge on any atom is -0.113 e. The molecule has 0 atom stereocenters. The Bertz CT molecular complexity index is 323. The highest BCUT2D eigenvalue weighted by Gasteiger charge is 2.22. The second-order valence-electron chi connectivity index (χ2n) is 2.92. The van der Waals surface area contributed by atoms with E-state index in [0.717, 1.165) is 0 Å². The van der Waals surface area contributed by atoms with Gasteiger partial charge in [-0.25, -0.2) is 0 Å². The van der Waals surface area contributed by atoms with E-state index >= 15 is 0 Å². The van der Waals surface area contributed by atoms with Crippen LogP contribution in [0.3, 0.4) is 0 Å². The molecule has 2 rings (SSSR count). The quantitative estimate of drug-likeness (QED) is 0.568. The maximum atomic E-state index is 3.33. The number of para-hydroxylation sites is 1. The molecule has 0 aromatic heterocycles. The van der Waals surface area contributed by atoms with Crippen LogP contribution in [0, 0.1) is 0 Å². The Balaban J connectivity index is 2.60. The highest BCUT2D eigenvalue weighted by atomic mass is 14.9. The van der Waals surface area contributed by atoms with Crippen molar-refractivity contribution in [2.75, 3.05) is 0 Å². The Hall–Kier alpha value is -1.08. The zero-order chi connectivity index (χ0) is 7.84. The van der Waals surface area contributed by atoms with Crippen LogP contribution in [0.25, 0.3) is 5.57 Å². The minimum atomic E-state index is 1.24. The van der Waals surface area contributed by atoms with Crippen LogP contribution in [0.5, 0.6) is 0 Å². The molecule has 11 heavy (non-hydrogen) atoms. The molecule has 1 radical (unpaired) electrons. The number of anilines is 1. The summed E-state index contributed by atoms with van der Waals surface area (Å²) in [4.78, 5) is 0. The molecule has 1 N–H and O–H groups in total. The maximum absolute atomic E-state index is 3.33. The van der Waals surface area contributed by atoms with E-state index in [9.17, 15) is 0 Å². The van der Waals surface area contributed by atoms with Crippen molar-refractivity contribution >= 4 is 11.3 Å². The topological polar surface area (TPSA) is 15.6 Å². The summed E-state index contributed by atoms with van der Waals surface area (Å²) < 4.78 is 0. The van der Waals surface area contributed by atoms with Crippen molar-refractivity contribution in [3.63, 3.8) is 0 Å². The third-order valence-electron chi connectivity index (χ3n) is 2.22. The van der Waals surface area contributed by atoms with E-state index in [2.05, 4.69) is 43.4 Å². The monoisotopic (exact) mass is 145 g/mol. The predicted molar refractivity (Wildman–Crippen MR) is 45.3 cm³/mol. The van der Waals surface area contributed by atoms with Gasteiger partial charge in [0.2, 0.25) is 0 Å². The summed E-state index contributed by atoms with van der Waals surface area (Å²) in [6, 6.07) is 8.38. The van der Waals surface area contributed by atoms with Gasteiger partial charge in [0.1, 0.15) is 0 Å². The molecule has 1 aromatic rings. The Kier molecular flexibility index (Phi) is 1.33. The molecule has 0 aliphatic carbocycles. The van der Waals surface area contributed by atoms with Crippen LogP contribution in [-0.4, -0.2) is 0 Å². The van der Waals surface area contributed by atoms with Gasteiger partial charge in [0, 0.05) is 24.1 Å². The molecule has 0 spiro atoms. The van der Waals surface area contributed by atoms with Crippen molar-refractivity contribution < 1.29 is 5.32 Å². The van der Waals surface area contributed by atoms with Crippen LogP contribution >= 0.6 is 0 Å². The van der Waals surface area contributed by atoms with Gasteiger partial charge in [0.05, 0.1) is 0 Å². The Morgan fingerprint density at radius 3 is 2.55 bits per heavy atom. The zero-order valence-electron chi connectivity index (χ0n) is 6.81. The summed E-state index contributed by atoms with van der Waals surface area (Å²) in [7, 11) is 0. The molecule has 1 heteroatoms. The fourth-order valence-electron chi connectivity index (χ4n) is 1.42. The molecule has 0 amide bonds. The second kappa shape index (κ2) is 2.21. The highest BCUT2D eigenvalue weighted by Crippen LogP contribution is 2.25. The molecule has 1 aliphatic heterocycles. The minimum absolute atomic E-state index is 1.24. The summed E-state index contributed by atoms with van der Waals surface area (Å²) in [5.74, 6) is 0. The first-order valence-corrected chi connectivity index (χ1v) is 3.83. The number of nitrogens with one attached hydrogen (secondary N) is 1. The van der Waals surface area contributed by atoms with Crippen LogP contribution < -0.4 is 5.32 Å². The summed E-state index contributed by atoms with van der Waals surface area (Å²) in [5.41, 5.74) is 5.21. The first kappa shape index (κ1) is 6.62. The van der Waals surface area contributed by atoms with Gasteiger partial charge in [0.15, 0.2) is 11.4 Å². The molecule has 0 bridgehead atoms. The van der Waals surface area contributed by atoms with Crippen molar-refractivity contribution in [2.45, 2.75) is 13.8 Å². The average Bonchev–Trinajstić information content (AvgIpc) is 2.30. The highest BCUT2D eigenvalue weighted by molar-refractivity contribution is 5.75. The number of benzene rings is 1. The van der Waals surface area contributed by atoms with Gasteiger partial charge in [-0.1, -0.05) is 12.1 Å². The van der Waals surface area contributed by atoms with E-state index in [-0.39, 0.29) is 0 Å². The normalized spacial score (nSPS) is 15.5. The van der Waals surface area contributed by atoms with Crippen molar-refractivity contribution in [2.24, 2.45) is 0 Å². The van der Waals surface area contributed by atoms with Gasteiger partial charge >= 0.3 is 0 Å². The van der Waals surface area contributed by atoms with E-state index in [0.29, 0.717) is 0 Å². The van der Waals surface area contributed by atoms with Crippen LogP contribution in [0.2, 0.25) is 0 Å². The van der Waals surface area contributed by atoms with Crippen LogP contribution in [0.15, 0.2) is 30.0 Å². The first-order valence-electron chi connectivity index (χ1n) is 3.83. The Labute approximate surface area is 66.7 Å². The van der Waals surface area contributed by atoms with Crippen molar-refractivity contribution in [3.8, 4) is 0 Å². The smallest absolute Gasteiger partial charge is 0.113 e. The summed E-state index contributed by atoms with van der Waals surface area (Å²) in [5, 5.41) is 3.33. The van der Waals surface area contributed by atoms with Crippen LogP contribution in [0.1, 0.15) is 19.4 Å². The van der Waals surface area contributed by atoms with E-state index in [1.54, 1.807) is 0 Å². The molecule has 1 nitrogen and oxygen atoms in total. The van der Waals surface area contributed by atoms with Gasteiger partial charge in [-0.15, -0.1) is 5.32 Å². The number of rotatable bonds is 0. The van der Waals surface area contributed by atoms with E-state index < -0.39 is 0 Å². The molecular weight excluding hydrogens is 134 g/mol. The fourth-order valence-corrected chi connectivity index (χ4v) is 1.42. The Morgan fingerprint density at radius 2 is 1.82 bits per heavy atom. The first-order chi connectivity index (χ1) is 5.29. The van der Waals surface area contributed by atoms with Crippen molar-refractivity contribution in [3.05, 3.63) is 35.5 Å². The molecule has 1 heterocycles. The zero-order valence-corrected chi connectivity index (χ0v) is 6.81. The molecule has 0 saturated heterocycles. The average molecular weight is 145 g/mol. The SMILES string of the molecule is CC1=C(C)c2ccccc2[NH+]1. The lowest BCUT2D eigenvalue weighted by atomic mass is 10.1. The fraction of sp³-hybridized carbons (Fsp3) is 0.200. The van der Waals surface area contributed by atoms with Crippen LogP contribution in [-0.2, 0) is 0 Å². The largest absolute Gasteiger partial charge is 0.192 e. The Morgan fingerprint density at radius 1 is 1.09 bits per heavy atom. The molecule has 55 valence electrons.